The molecule has 2 aromatic carbocycles. The molecule has 2 rings (SSSR count). The Labute approximate surface area is 104 Å². The van der Waals surface area contributed by atoms with Gasteiger partial charge in [-0.15, -0.1) is 0 Å². The molecule has 0 aliphatic rings. The molecule has 3 heteroatoms. The maximum Gasteiger partial charge on any atom is 0.271 e. The van der Waals surface area contributed by atoms with Crippen molar-refractivity contribution in [3.8, 4) is 5.75 Å². The minimum atomic E-state index is -1.73. The number of hydrogen-bond donors (Lipinski definition) is 0. The van der Waals surface area contributed by atoms with Crippen molar-refractivity contribution in [3.63, 3.8) is 0 Å². The van der Waals surface area contributed by atoms with E-state index in [1.165, 1.54) is 0 Å². The summed E-state index contributed by atoms with van der Waals surface area (Å²) in [5.74, 6) is 0.453. The summed E-state index contributed by atoms with van der Waals surface area (Å²) in [5.41, 5.74) is 1.38. The van der Waals surface area contributed by atoms with Crippen LogP contribution in [0.15, 0.2) is 60.7 Å². The molecular weight excluding hydrogens is 234 g/mol. The summed E-state index contributed by atoms with van der Waals surface area (Å²) < 4.78 is 30.1. The average molecular weight is 246 g/mol. The van der Waals surface area contributed by atoms with Gasteiger partial charge in [-0.05, 0) is 11.6 Å². The maximum absolute atomic E-state index is 12.3. The molecule has 92 valence electrons. The molecule has 2 aromatic rings. The van der Waals surface area contributed by atoms with Crippen LogP contribution in [0.25, 0.3) is 6.08 Å². The van der Waals surface area contributed by atoms with E-state index in [2.05, 4.69) is 0 Å². The van der Waals surface area contributed by atoms with Crippen molar-refractivity contribution in [2.75, 3.05) is 0 Å². The summed E-state index contributed by atoms with van der Waals surface area (Å²) in [6, 6.07) is 16.3. The van der Waals surface area contributed by atoms with E-state index in [1.54, 1.807) is 24.3 Å². The first-order valence-electron chi connectivity index (χ1n) is 5.54. The number of rotatable bonds is 4. The Morgan fingerprint density at radius 2 is 1.61 bits per heavy atom. The molecule has 0 heterocycles. The number of para-hydroxylation sites is 1. The third-order valence-corrected chi connectivity index (χ3v) is 2.42. The van der Waals surface area contributed by atoms with Crippen LogP contribution in [0.1, 0.15) is 11.1 Å². The standard InChI is InChI=1S/C15H12F2O/c16-15(17)10-13-8-4-5-9-14(13)18-11-12-6-2-1-3-7-12/h1-10H,11H2. The molecule has 18 heavy (non-hydrogen) atoms. The van der Waals surface area contributed by atoms with Crippen LogP contribution in [0, 0.1) is 0 Å². The third-order valence-electron chi connectivity index (χ3n) is 2.42. The summed E-state index contributed by atoms with van der Waals surface area (Å²) in [4.78, 5) is 0. The highest BCUT2D eigenvalue weighted by Gasteiger charge is 2.02. The van der Waals surface area contributed by atoms with Crippen LogP contribution in [0.3, 0.4) is 0 Å². The van der Waals surface area contributed by atoms with Gasteiger partial charge in [-0.2, -0.15) is 8.78 Å². The topological polar surface area (TPSA) is 9.23 Å². The lowest BCUT2D eigenvalue weighted by Gasteiger charge is -2.08. The van der Waals surface area contributed by atoms with Crippen molar-refractivity contribution < 1.29 is 13.5 Å². The van der Waals surface area contributed by atoms with Gasteiger partial charge in [-0.3, -0.25) is 0 Å². The lowest BCUT2D eigenvalue weighted by Crippen LogP contribution is -1.96. The van der Waals surface area contributed by atoms with E-state index in [9.17, 15) is 8.78 Å². The minimum absolute atomic E-state index is 0.361. The highest BCUT2D eigenvalue weighted by Crippen LogP contribution is 2.22. The van der Waals surface area contributed by atoms with Crippen LogP contribution in [0.5, 0.6) is 5.75 Å². The first-order chi connectivity index (χ1) is 8.75. The zero-order chi connectivity index (χ0) is 12.8. The fourth-order valence-corrected chi connectivity index (χ4v) is 1.58. The summed E-state index contributed by atoms with van der Waals surface area (Å²) in [6.07, 6.45) is -0.925. The van der Waals surface area contributed by atoms with Gasteiger partial charge in [0.05, 0.1) is 0 Å². The number of hydrogen-bond acceptors (Lipinski definition) is 1. The van der Waals surface area contributed by atoms with E-state index in [0.717, 1.165) is 11.6 Å². The van der Waals surface area contributed by atoms with E-state index in [4.69, 9.17) is 4.74 Å². The third kappa shape index (κ3) is 3.42. The van der Waals surface area contributed by atoms with Crippen LogP contribution in [0.4, 0.5) is 8.78 Å². The van der Waals surface area contributed by atoms with Crippen LogP contribution >= 0.6 is 0 Å². The van der Waals surface area contributed by atoms with Crippen molar-refractivity contribution in [2.45, 2.75) is 6.61 Å². The second kappa shape index (κ2) is 5.96. The van der Waals surface area contributed by atoms with Gasteiger partial charge in [0, 0.05) is 11.6 Å². The summed E-state index contributed by atoms with van der Waals surface area (Å²) in [5, 5.41) is 0. The molecule has 0 radical (unpaired) electrons. The van der Waals surface area contributed by atoms with E-state index < -0.39 is 6.08 Å². The molecule has 0 saturated heterocycles. The normalized spacial score (nSPS) is 9.89. The van der Waals surface area contributed by atoms with Gasteiger partial charge in [0.25, 0.3) is 6.08 Å². The van der Waals surface area contributed by atoms with Crippen LogP contribution in [-0.2, 0) is 6.61 Å². The monoisotopic (exact) mass is 246 g/mol. The van der Waals surface area contributed by atoms with Crippen LogP contribution in [0.2, 0.25) is 0 Å². The molecule has 0 fully saturated rings. The molecule has 1 nitrogen and oxygen atoms in total. The number of halogens is 2. The zero-order valence-electron chi connectivity index (χ0n) is 9.64. The van der Waals surface area contributed by atoms with Crippen molar-refractivity contribution in [1.29, 1.82) is 0 Å². The first-order valence-corrected chi connectivity index (χ1v) is 5.54. The Bertz CT molecular complexity index is 531. The molecule has 0 saturated carbocycles. The smallest absolute Gasteiger partial charge is 0.271 e. The lowest BCUT2D eigenvalue weighted by atomic mass is 10.2. The highest BCUT2D eigenvalue weighted by molar-refractivity contribution is 5.57. The Balaban J connectivity index is 2.12. The molecule has 0 atom stereocenters. The summed E-state index contributed by atoms with van der Waals surface area (Å²) >= 11 is 0. The predicted octanol–water partition coefficient (Wildman–Crippen LogP) is 4.50. The fraction of sp³-hybridized carbons (Fsp3) is 0.0667. The fourth-order valence-electron chi connectivity index (χ4n) is 1.58. The molecule has 0 spiro atoms. The largest absolute Gasteiger partial charge is 0.488 e. The van der Waals surface area contributed by atoms with E-state index in [0.29, 0.717) is 17.9 Å². The van der Waals surface area contributed by atoms with Gasteiger partial charge < -0.3 is 4.74 Å². The van der Waals surface area contributed by atoms with Crippen LogP contribution < -0.4 is 4.74 Å². The lowest BCUT2D eigenvalue weighted by molar-refractivity contribution is 0.305. The second-order valence-electron chi connectivity index (χ2n) is 3.75. The summed E-state index contributed by atoms with van der Waals surface area (Å²) in [7, 11) is 0. The van der Waals surface area contributed by atoms with Gasteiger partial charge >= 0.3 is 0 Å². The van der Waals surface area contributed by atoms with Gasteiger partial charge in [-0.25, -0.2) is 0 Å². The van der Waals surface area contributed by atoms with Crippen molar-refractivity contribution in [2.24, 2.45) is 0 Å². The van der Waals surface area contributed by atoms with E-state index in [1.807, 2.05) is 30.3 Å². The van der Waals surface area contributed by atoms with Gasteiger partial charge in [0.1, 0.15) is 12.4 Å². The number of benzene rings is 2. The Morgan fingerprint density at radius 3 is 2.33 bits per heavy atom. The Hall–Kier alpha value is -2.16. The van der Waals surface area contributed by atoms with Crippen molar-refractivity contribution in [3.05, 3.63) is 71.8 Å². The van der Waals surface area contributed by atoms with Crippen molar-refractivity contribution in [1.82, 2.24) is 0 Å². The molecule has 0 N–H and O–H groups in total. The highest BCUT2D eigenvalue weighted by atomic mass is 19.3. The van der Waals surface area contributed by atoms with Crippen LogP contribution in [-0.4, -0.2) is 0 Å². The van der Waals surface area contributed by atoms with Gasteiger partial charge in [0.2, 0.25) is 0 Å². The molecular formula is C15H12F2O. The average Bonchev–Trinajstić information content (AvgIpc) is 2.38. The van der Waals surface area contributed by atoms with Crippen molar-refractivity contribution >= 4 is 6.08 Å². The van der Waals surface area contributed by atoms with Gasteiger partial charge in [0.15, 0.2) is 0 Å². The maximum atomic E-state index is 12.3. The molecule has 0 aliphatic heterocycles. The molecule has 0 unspecified atom stereocenters. The Kier molecular flexibility index (Phi) is 4.07. The molecule has 0 bridgehead atoms. The second-order valence-corrected chi connectivity index (χ2v) is 3.75. The SMILES string of the molecule is FC(F)=Cc1ccccc1OCc1ccccc1. The zero-order valence-corrected chi connectivity index (χ0v) is 9.64. The van der Waals surface area contributed by atoms with Gasteiger partial charge in [-0.1, -0.05) is 48.5 Å². The molecule has 0 aliphatic carbocycles. The van der Waals surface area contributed by atoms with E-state index >= 15 is 0 Å². The van der Waals surface area contributed by atoms with E-state index in [-0.39, 0.29) is 0 Å². The predicted molar refractivity (Wildman–Crippen MR) is 67.4 cm³/mol. The number of ether oxygens (including phenoxy) is 1. The minimum Gasteiger partial charge on any atom is -0.488 e. The molecule has 0 aromatic heterocycles. The first kappa shape index (κ1) is 12.3. The molecule has 0 amide bonds. The quantitative estimate of drug-likeness (QED) is 0.771. The Morgan fingerprint density at radius 1 is 0.944 bits per heavy atom. The summed E-state index contributed by atoms with van der Waals surface area (Å²) in [6.45, 7) is 0.361.